The number of hydrogen-bond donors (Lipinski definition) is 5. The minimum atomic E-state index is -3.86. The van der Waals surface area contributed by atoms with Crippen molar-refractivity contribution in [1.82, 2.24) is 24.9 Å². The number of fused-ring (bicyclic) bond motifs is 1. The predicted octanol–water partition coefficient (Wildman–Crippen LogP) is 4.39. The number of imide groups is 1. The van der Waals surface area contributed by atoms with Crippen LogP contribution in [0.25, 0.3) is 0 Å². The first-order valence-electron chi connectivity index (χ1n) is 17.1. The second kappa shape index (κ2) is 15.1. The Balaban J connectivity index is 0.935. The van der Waals surface area contributed by atoms with Crippen molar-refractivity contribution in [3.8, 4) is 5.75 Å². The van der Waals surface area contributed by atoms with E-state index in [2.05, 4.69) is 46.6 Å². The van der Waals surface area contributed by atoms with Crippen LogP contribution in [-0.4, -0.2) is 65.1 Å². The second-order valence-corrected chi connectivity index (χ2v) is 15.7. The van der Waals surface area contributed by atoms with Crippen LogP contribution in [0.3, 0.4) is 0 Å². The molecule has 15 nitrogen and oxygen atoms in total. The van der Waals surface area contributed by atoms with Crippen molar-refractivity contribution >= 4 is 72.7 Å². The lowest BCUT2D eigenvalue weighted by molar-refractivity contribution is -0.136. The Morgan fingerprint density at radius 2 is 1.72 bits per heavy atom. The summed E-state index contributed by atoms with van der Waals surface area (Å²) >= 11 is 3.34. The molecule has 0 bridgehead atoms. The monoisotopic (exact) mass is 820 g/mol. The zero-order valence-electron chi connectivity index (χ0n) is 28.5. The standard InChI is InChI=1S/C36H34BrFN8O7S/c37-25-17-40-36(44-33(25)42-27-5-2-4-26(38)31(27)32(39)48)41-19-9-13-22(14-10-19)54(51,52)45-20-7-11-21(12-8-20)53-29-6-1-3-23-24(29)18-46(35(23)50)28-15-16-30(47)43-34(28)49/h1-6,9-10,13-14,17,20-21,28,45H,7-8,11-12,15-16,18H2,(H2,39,48)(H,43,47,49)(H2,40,41,42,44). The summed E-state index contributed by atoms with van der Waals surface area (Å²) in [6.45, 7) is 0.199. The van der Waals surface area contributed by atoms with E-state index in [4.69, 9.17) is 10.5 Å². The Morgan fingerprint density at radius 3 is 2.44 bits per heavy atom. The van der Waals surface area contributed by atoms with Crippen LogP contribution >= 0.6 is 15.9 Å². The molecule has 1 unspecified atom stereocenters. The molecule has 0 spiro atoms. The fourth-order valence-electron chi connectivity index (χ4n) is 6.80. The minimum absolute atomic E-state index is 0.0701. The molecule has 1 saturated heterocycles. The van der Waals surface area contributed by atoms with E-state index >= 15 is 0 Å². The average Bonchev–Trinajstić information content (AvgIpc) is 3.47. The number of hydrogen-bond acceptors (Lipinski definition) is 11. The van der Waals surface area contributed by atoms with Gasteiger partial charge in [0, 0.05) is 35.5 Å². The summed E-state index contributed by atoms with van der Waals surface area (Å²) in [5.41, 5.74) is 6.81. The molecule has 3 heterocycles. The predicted molar refractivity (Wildman–Crippen MR) is 197 cm³/mol. The average molecular weight is 822 g/mol. The zero-order valence-corrected chi connectivity index (χ0v) is 30.9. The van der Waals surface area contributed by atoms with Gasteiger partial charge in [0.05, 0.1) is 33.3 Å². The van der Waals surface area contributed by atoms with Gasteiger partial charge in [-0.15, -0.1) is 0 Å². The SMILES string of the molecule is NC(=O)c1c(F)cccc1Nc1nc(Nc2ccc(S(=O)(=O)NC3CCC(Oc4cccc5c4CN(C4CCC(=O)NC4=O)C5=O)CC3)cc2)ncc1Br. The molecule has 1 atom stereocenters. The van der Waals surface area contributed by atoms with Crippen molar-refractivity contribution in [2.24, 2.45) is 5.73 Å². The van der Waals surface area contributed by atoms with Gasteiger partial charge in [-0.05, 0) is 96.6 Å². The number of sulfonamides is 1. The number of nitrogens with zero attached hydrogens (tertiary/aromatic N) is 3. The number of benzene rings is 3. The topological polar surface area (TPSA) is 215 Å². The normalized spacial score (nSPS) is 19.9. The number of anilines is 4. The largest absolute Gasteiger partial charge is 0.490 e. The van der Waals surface area contributed by atoms with Crippen LogP contribution in [0, 0.1) is 5.82 Å². The number of nitrogens with one attached hydrogen (secondary N) is 4. The van der Waals surface area contributed by atoms with Crippen molar-refractivity contribution in [1.29, 1.82) is 0 Å². The summed E-state index contributed by atoms with van der Waals surface area (Å²) in [6, 6.07) is 14.3. The van der Waals surface area contributed by atoms with E-state index in [1.54, 1.807) is 30.3 Å². The highest BCUT2D eigenvalue weighted by Gasteiger charge is 2.40. The maximum Gasteiger partial charge on any atom is 0.255 e. The van der Waals surface area contributed by atoms with Crippen molar-refractivity contribution in [3.05, 3.63) is 93.8 Å². The molecular formula is C36H34BrFN8O7S. The van der Waals surface area contributed by atoms with Crippen molar-refractivity contribution in [3.63, 3.8) is 0 Å². The van der Waals surface area contributed by atoms with E-state index in [0.717, 1.165) is 6.07 Å². The molecule has 1 saturated carbocycles. The first-order chi connectivity index (χ1) is 25.9. The zero-order chi connectivity index (χ0) is 38.1. The summed E-state index contributed by atoms with van der Waals surface area (Å²) in [5.74, 6) is -1.91. The number of primary amides is 1. The van der Waals surface area contributed by atoms with Crippen LogP contribution in [-0.2, 0) is 26.2 Å². The molecule has 4 aromatic rings. The van der Waals surface area contributed by atoms with Crippen LogP contribution in [0.15, 0.2) is 76.2 Å². The fraction of sp³-hybridized carbons (Fsp3) is 0.278. The smallest absolute Gasteiger partial charge is 0.255 e. The van der Waals surface area contributed by atoms with Crippen molar-refractivity contribution in [2.75, 3.05) is 10.6 Å². The molecule has 7 rings (SSSR count). The van der Waals surface area contributed by atoms with Gasteiger partial charge >= 0.3 is 0 Å². The maximum atomic E-state index is 14.3. The molecule has 4 amide bonds. The Bertz CT molecular complexity index is 2270. The van der Waals surface area contributed by atoms with Crippen LogP contribution in [0.4, 0.5) is 27.5 Å². The second-order valence-electron chi connectivity index (χ2n) is 13.1. The van der Waals surface area contributed by atoms with Gasteiger partial charge in [0.2, 0.25) is 27.8 Å². The number of carbonyl (C=O) groups excluding carboxylic acids is 4. The lowest BCUT2D eigenvalue weighted by atomic mass is 9.93. The van der Waals surface area contributed by atoms with E-state index in [-0.39, 0.29) is 71.3 Å². The van der Waals surface area contributed by atoms with Gasteiger partial charge in [0.25, 0.3) is 11.8 Å². The van der Waals surface area contributed by atoms with E-state index < -0.39 is 33.7 Å². The molecular weight excluding hydrogens is 787 g/mol. The van der Waals surface area contributed by atoms with Crippen LogP contribution in [0.1, 0.15) is 64.8 Å². The van der Waals surface area contributed by atoms with E-state index in [9.17, 15) is 32.0 Å². The summed E-state index contributed by atoms with van der Waals surface area (Å²) < 4.78 is 50.5. The molecule has 18 heteroatoms. The molecule has 2 fully saturated rings. The molecule has 2 aliphatic heterocycles. The summed E-state index contributed by atoms with van der Waals surface area (Å²) in [4.78, 5) is 59.2. The third-order valence-electron chi connectivity index (χ3n) is 9.51. The molecule has 0 radical (unpaired) electrons. The third-order valence-corrected chi connectivity index (χ3v) is 11.6. The van der Waals surface area contributed by atoms with Crippen LogP contribution in [0.5, 0.6) is 5.75 Å². The number of amides is 4. The van der Waals surface area contributed by atoms with Gasteiger partial charge in [0.1, 0.15) is 23.4 Å². The Hall–Kier alpha value is -5.46. The molecule has 54 heavy (non-hydrogen) atoms. The van der Waals surface area contributed by atoms with Crippen molar-refractivity contribution in [2.45, 2.75) is 68.2 Å². The van der Waals surface area contributed by atoms with Crippen LogP contribution in [0.2, 0.25) is 0 Å². The minimum Gasteiger partial charge on any atom is -0.490 e. The van der Waals surface area contributed by atoms with E-state index in [1.165, 1.54) is 35.4 Å². The van der Waals surface area contributed by atoms with Gasteiger partial charge < -0.3 is 26.0 Å². The van der Waals surface area contributed by atoms with E-state index in [1.807, 2.05) is 0 Å². The fourth-order valence-corrected chi connectivity index (χ4v) is 8.40. The number of halogens is 2. The number of ether oxygens (including phenoxy) is 1. The lowest BCUT2D eigenvalue weighted by Crippen LogP contribution is -2.52. The molecule has 3 aliphatic rings. The number of aromatic nitrogens is 2. The van der Waals surface area contributed by atoms with Gasteiger partial charge in [-0.1, -0.05) is 12.1 Å². The Morgan fingerprint density at radius 1 is 0.981 bits per heavy atom. The number of rotatable bonds is 11. The molecule has 3 aromatic carbocycles. The first-order valence-corrected chi connectivity index (χ1v) is 19.3. The quantitative estimate of drug-likeness (QED) is 0.134. The number of carbonyl (C=O) groups is 4. The summed E-state index contributed by atoms with van der Waals surface area (Å²) in [6.07, 6.45) is 3.92. The van der Waals surface area contributed by atoms with Gasteiger partial charge in [-0.2, -0.15) is 4.98 Å². The summed E-state index contributed by atoms with van der Waals surface area (Å²) in [5, 5.41) is 8.20. The Kier molecular flexibility index (Phi) is 10.3. The molecule has 1 aromatic heterocycles. The highest BCUT2D eigenvalue weighted by atomic mass is 79.9. The van der Waals surface area contributed by atoms with Crippen molar-refractivity contribution < 1.29 is 36.7 Å². The molecule has 6 N–H and O–H groups in total. The molecule has 1 aliphatic carbocycles. The van der Waals surface area contributed by atoms with E-state index in [0.29, 0.717) is 52.7 Å². The van der Waals surface area contributed by atoms with Crippen LogP contribution < -0.4 is 31.1 Å². The number of piperidine rings is 1. The summed E-state index contributed by atoms with van der Waals surface area (Å²) in [7, 11) is -3.86. The third kappa shape index (κ3) is 7.76. The maximum absolute atomic E-state index is 14.3. The highest BCUT2D eigenvalue weighted by molar-refractivity contribution is 9.10. The van der Waals surface area contributed by atoms with Gasteiger partial charge in [-0.3, -0.25) is 24.5 Å². The van der Waals surface area contributed by atoms with Gasteiger partial charge in [0.15, 0.2) is 0 Å². The number of nitrogens with two attached hydrogens (primary N) is 1. The highest BCUT2D eigenvalue weighted by Crippen LogP contribution is 2.36. The first kappa shape index (κ1) is 36.9. The molecule has 280 valence electrons. The lowest BCUT2D eigenvalue weighted by Gasteiger charge is -2.30. The van der Waals surface area contributed by atoms with Gasteiger partial charge in [-0.25, -0.2) is 22.5 Å². The Labute approximate surface area is 317 Å².